The Kier molecular flexibility index (Phi) is 9.61. The van der Waals surface area contributed by atoms with Gasteiger partial charge in [-0.3, -0.25) is 13.9 Å². The summed E-state index contributed by atoms with van der Waals surface area (Å²) in [5.41, 5.74) is 1.85. The summed E-state index contributed by atoms with van der Waals surface area (Å²) in [5.74, 6) is -1.26. The molecule has 1 N–H and O–H groups in total. The molecule has 2 aromatic rings. The molecule has 2 rings (SSSR count). The third-order valence-corrected chi connectivity index (χ3v) is 6.53. The minimum Gasteiger partial charge on any atom is -0.352 e. The Morgan fingerprint density at radius 3 is 2.18 bits per heavy atom. The maximum atomic E-state index is 13.6. The van der Waals surface area contributed by atoms with E-state index >= 15 is 0 Å². The molecular weight excluding hydrogens is 457 g/mol. The smallest absolute Gasteiger partial charge is 0.244 e. The van der Waals surface area contributed by atoms with E-state index in [0.717, 1.165) is 16.1 Å². The lowest BCUT2D eigenvalue weighted by Gasteiger charge is -2.33. The number of carbonyl (C=O) groups excluding carboxylic acids is 2. The number of nitrogens with one attached hydrogen (secondary N) is 1. The predicted molar refractivity (Wildman–Crippen MR) is 132 cm³/mol. The largest absolute Gasteiger partial charge is 0.352 e. The summed E-state index contributed by atoms with van der Waals surface area (Å²) in [6, 6.07) is 11.7. The van der Waals surface area contributed by atoms with Crippen molar-refractivity contribution in [1.82, 2.24) is 10.2 Å². The van der Waals surface area contributed by atoms with Crippen molar-refractivity contribution in [3.8, 4) is 0 Å². The van der Waals surface area contributed by atoms with Crippen LogP contribution in [0.15, 0.2) is 48.5 Å². The molecule has 0 aliphatic heterocycles. The molecule has 0 heterocycles. The lowest BCUT2D eigenvalue weighted by molar-refractivity contribution is -0.140. The molecule has 1 atom stereocenters. The molecule has 0 saturated carbocycles. The van der Waals surface area contributed by atoms with Crippen LogP contribution in [0.5, 0.6) is 0 Å². The zero-order valence-electron chi connectivity index (χ0n) is 20.4. The fourth-order valence-electron chi connectivity index (χ4n) is 3.73. The summed E-state index contributed by atoms with van der Waals surface area (Å²) in [5, 5.41) is 2.83. The average Bonchev–Trinajstić information content (AvgIpc) is 2.77. The molecule has 9 heteroatoms. The topological polar surface area (TPSA) is 86.8 Å². The number of nitrogens with zero attached hydrogens (tertiary/aromatic N) is 2. The molecule has 0 unspecified atom stereocenters. The predicted octanol–water partition coefficient (Wildman–Crippen LogP) is 3.49. The molecular formula is C25H34FN3O4S. The zero-order chi connectivity index (χ0) is 25.5. The number of carbonyl (C=O) groups is 2. The van der Waals surface area contributed by atoms with E-state index in [1.165, 1.54) is 17.0 Å². The van der Waals surface area contributed by atoms with Gasteiger partial charge in [0.15, 0.2) is 0 Å². The highest BCUT2D eigenvalue weighted by Crippen LogP contribution is 2.24. The standard InChI is InChI=1S/C25H34FN3O4S/c1-6-20-10-8-9-11-23(20)29(34(5,32)33)17-24(30)28(16-19-12-14-21(26)15-13-19)22(7-2)25(31)27-18(3)4/h8-15,18,22H,6-7,16-17H2,1-5H3,(H,27,31)/t22-/m1/s1. The first-order chi connectivity index (χ1) is 16.0. The molecule has 0 aromatic heterocycles. The van der Waals surface area contributed by atoms with Gasteiger partial charge in [0.2, 0.25) is 21.8 Å². The molecule has 0 saturated heterocycles. The Morgan fingerprint density at radius 1 is 1.03 bits per heavy atom. The number of anilines is 1. The van der Waals surface area contributed by atoms with Crippen LogP contribution in [0.25, 0.3) is 0 Å². The number of benzene rings is 2. The van der Waals surface area contributed by atoms with Crippen LogP contribution >= 0.6 is 0 Å². The average molecular weight is 492 g/mol. The summed E-state index contributed by atoms with van der Waals surface area (Å²) in [4.78, 5) is 27.9. The van der Waals surface area contributed by atoms with E-state index in [4.69, 9.17) is 0 Å². The third-order valence-electron chi connectivity index (χ3n) is 5.40. The minimum atomic E-state index is -3.79. The van der Waals surface area contributed by atoms with Crippen LogP contribution in [0.2, 0.25) is 0 Å². The molecule has 0 aliphatic rings. The van der Waals surface area contributed by atoms with Gasteiger partial charge in [-0.1, -0.05) is 44.2 Å². The zero-order valence-corrected chi connectivity index (χ0v) is 21.2. The van der Waals surface area contributed by atoms with Crippen molar-refractivity contribution in [3.05, 3.63) is 65.5 Å². The molecule has 0 bridgehead atoms. The van der Waals surface area contributed by atoms with Gasteiger partial charge in [0.05, 0.1) is 11.9 Å². The van der Waals surface area contributed by atoms with Gasteiger partial charge >= 0.3 is 0 Å². The number of rotatable bonds is 11. The molecule has 0 radical (unpaired) electrons. The number of aryl methyl sites for hydroxylation is 1. The Hall–Kier alpha value is -2.94. The van der Waals surface area contributed by atoms with Crippen LogP contribution in [-0.2, 0) is 32.6 Å². The molecule has 7 nitrogen and oxygen atoms in total. The van der Waals surface area contributed by atoms with Crippen molar-refractivity contribution in [2.45, 2.75) is 59.2 Å². The Bertz CT molecular complexity index is 1090. The van der Waals surface area contributed by atoms with E-state index in [1.54, 1.807) is 31.2 Å². The molecule has 0 fully saturated rings. The molecule has 2 amide bonds. The maximum Gasteiger partial charge on any atom is 0.244 e. The fraction of sp³-hybridized carbons (Fsp3) is 0.440. The summed E-state index contributed by atoms with van der Waals surface area (Å²) < 4.78 is 39.9. The summed E-state index contributed by atoms with van der Waals surface area (Å²) in [6.07, 6.45) is 1.97. The first kappa shape index (κ1) is 27.3. The monoisotopic (exact) mass is 491 g/mol. The number of hydrogen-bond donors (Lipinski definition) is 1. The quantitative estimate of drug-likeness (QED) is 0.521. The lowest BCUT2D eigenvalue weighted by Crippen LogP contribution is -2.53. The Balaban J connectivity index is 2.47. The summed E-state index contributed by atoms with van der Waals surface area (Å²) in [7, 11) is -3.79. The van der Waals surface area contributed by atoms with E-state index < -0.39 is 34.3 Å². The molecule has 0 spiro atoms. The Labute approximate surface area is 202 Å². The van der Waals surface area contributed by atoms with Crippen LogP contribution in [0.4, 0.5) is 10.1 Å². The first-order valence-electron chi connectivity index (χ1n) is 11.4. The fourth-order valence-corrected chi connectivity index (χ4v) is 4.61. The van der Waals surface area contributed by atoms with Gasteiger partial charge in [0.25, 0.3) is 0 Å². The van der Waals surface area contributed by atoms with Gasteiger partial charge < -0.3 is 10.2 Å². The highest BCUT2D eigenvalue weighted by Gasteiger charge is 2.32. The van der Waals surface area contributed by atoms with Crippen molar-refractivity contribution in [3.63, 3.8) is 0 Å². The number of sulfonamides is 1. The molecule has 34 heavy (non-hydrogen) atoms. The van der Waals surface area contributed by atoms with Gasteiger partial charge in [-0.05, 0) is 56.0 Å². The van der Waals surface area contributed by atoms with Gasteiger partial charge in [0.1, 0.15) is 18.4 Å². The van der Waals surface area contributed by atoms with E-state index in [9.17, 15) is 22.4 Å². The van der Waals surface area contributed by atoms with Crippen LogP contribution in [-0.4, -0.2) is 50.0 Å². The minimum absolute atomic E-state index is 0.0379. The van der Waals surface area contributed by atoms with E-state index in [0.29, 0.717) is 24.1 Å². The second kappa shape index (κ2) is 12.0. The van der Waals surface area contributed by atoms with Gasteiger partial charge in [-0.2, -0.15) is 0 Å². The van der Waals surface area contributed by atoms with E-state index in [2.05, 4.69) is 5.32 Å². The summed E-state index contributed by atoms with van der Waals surface area (Å²) >= 11 is 0. The van der Waals surface area contributed by atoms with Crippen molar-refractivity contribution in [2.75, 3.05) is 17.1 Å². The van der Waals surface area contributed by atoms with E-state index in [1.807, 2.05) is 32.9 Å². The Morgan fingerprint density at radius 2 is 1.65 bits per heavy atom. The van der Waals surface area contributed by atoms with Crippen LogP contribution < -0.4 is 9.62 Å². The third kappa shape index (κ3) is 7.28. The second-order valence-electron chi connectivity index (χ2n) is 8.49. The summed E-state index contributed by atoms with van der Waals surface area (Å²) in [6.45, 7) is 6.92. The highest BCUT2D eigenvalue weighted by molar-refractivity contribution is 7.92. The second-order valence-corrected chi connectivity index (χ2v) is 10.4. The van der Waals surface area contributed by atoms with Crippen LogP contribution in [0.1, 0.15) is 45.2 Å². The van der Waals surface area contributed by atoms with Crippen molar-refractivity contribution >= 4 is 27.5 Å². The molecule has 186 valence electrons. The van der Waals surface area contributed by atoms with Crippen molar-refractivity contribution in [2.24, 2.45) is 0 Å². The normalized spacial score (nSPS) is 12.3. The van der Waals surface area contributed by atoms with Crippen molar-refractivity contribution < 1.29 is 22.4 Å². The maximum absolute atomic E-state index is 13.6. The molecule has 0 aliphatic carbocycles. The van der Waals surface area contributed by atoms with E-state index in [-0.39, 0.29) is 18.5 Å². The number of halogens is 1. The molecule has 2 aromatic carbocycles. The number of hydrogen-bond acceptors (Lipinski definition) is 4. The van der Waals surface area contributed by atoms with Crippen LogP contribution in [0.3, 0.4) is 0 Å². The lowest BCUT2D eigenvalue weighted by atomic mass is 10.1. The SMILES string of the molecule is CCc1ccccc1N(CC(=O)N(Cc1ccc(F)cc1)[C@H](CC)C(=O)NC(C)C)S(C)(=O)=O. The van der Waals surface area contributed by atoms with Crippen molar-refractivity contribution in [1.29, 1.82) is 0 Å². The van der Waals surface area contributed by atoms with Gasteiger partial charge in [0, 0.05) is 12.6 Å². The highest BCUT2D eigenvalue weighted by atomic mass is 32.2. The number of amides is 2. The van der Waals surface area contributed by atoms with Crippen LogP contribution in [0, 0.1) is 5.82 Å². The van der Waals surface area contributed by atoms with Gasteiger partial charge in [-0.25, -0.2) is 12.8 Å². The first-order valence-corrected chi connectivity index (χ1v) is 13.2. The van der Waals surface area contributed by atoms with Gasteiger partial charge in [-0.15, -0.1) is 0 Å². The number of para-hydroxylation sites is 1.